The molecule has 5 heteroatoms. The Morgan fingerprint density at radius 3 is 2.78 bits per heavy atom. The zero-order valence-corrected chi connectivity index (χ0v) is 12.9. The smallest absolute Gasteiger partial charge is 0.209 e. The molecule has 1 aromatic carbocycles. The summed E-state index contributed by atoms with van der Waals surface area (Å²) in [6.07, 6.45) is 3.55. The van der Waals surface area contributed by atoms with Gasteiger partial charge in [0.2, 0.25) is 5.95 Å². The molecular weight excluding hydrogens is 288 g/mol. The van der Waals surface area contributed by atoms with Crippen molar-refractivity contribution in [1.82, 2.24) is 14.5 Å². The highest BCUT2D eigenvalue weighted by atomic mass is 16.1. The summed E-state index contributed by atoms with van der Waals surface area (Å²) in [4.78, 5) is 21.2. The standard InChI is InChI=1S/C18H16N4O/c1-11-16(12(2)23)17(13-6-5-9-19-10-13)22-15-8-4-3-7-14(15)21-18(22)20-11/h3-10,17H,1-2H3,(H,20,21)/t17-/m1/s1. The van der Waals surface area contributed by atoms with Crippen molar-refractivity contribution in [3.8, 4) is 0 Å². The molecule has 0 fully saturated rings. The van der Waals surface area contributed by atoms with E-state index in [9.17, 15) is 4.79 Å². The van der Waals surface area contributed by atoms with E-state index >= 15 is 0 Å². The van der Waals surface area contributed by atoms with Crippen LogP contribution in [0.1, 0.15) is 25.5 Å². The summed E-state index contributed by atoms with van der Waals surface area (Å²) in [6, 6.07) is 11.6. The normalized spacial score (nSPS) is 17.0. The van der Waals surface area contributed by atoms with Crippen LogP contribution in [-0.4, -0.2) is 20.3 Å². The molecule has 5 nitrogen and oxygen atoms in total. The largest absolute Gasteiger partial charge is 0.329 e. The van der Waals surface area contributed by atoms with Crippen molar-refractivity contribution < 1.29 is 4.79 Å². The molecule has 4 rings (SSSR count). The Morgan fingerprint density at radius 2 is 2.04 bits per heavy atom. The van der Waals surface area contributed by atoms with Gasteiger partial charge in [0.1, 0.15) is 0 Å². The summed E-state index contributed by atoms with van der Waals surface area (Å²) in [7, 11) is 0. The van der Waals surface area contributed by atoms with E-state index in [4.69, 9.17) is 0 Å². The van der Waals surface area contributed by atoms with E-state index in [1.165, 1.54) is 0 Å². The second-order valence-electron chi connectivity index (χ2n) is 5.70. The van der Waals surface area contributed by atoms with Gasteiger partial charge >= 0.3 is 0 Å². The third-order valence-corrected chi connectivity index (χ3v) is 4.21. The number of aromatic nitrogens is 3. The van der Waals surface area contributed by atoms with E-state index in [2.05, 4.69) is 19.9 Å². The molecule has 0 unspecified atom stereocenters. The number of hydrogen-bond acceptors (Lipinski definition) is 4. The van der Waals surface area contributed by atoms with E-state index < -0.39 is 0 Å². The number of imidazole rings is 1. The van der Waals surface area contributed by atoms with Gasteiger partial charge in [-0.15, -0.1) is 0 Å². The van der Waals surface area contributed by atoms with Crippen LogP contribution < -0.4 is 5.32 Å². The molecule has 1 aliphatic heterocycles. The number of carbonyl (C=O) groups excluding carboxylic acids is 1. The van der Waals surface area contributed by atoms with Gasteiger partial charge < -0.3 is 5.32 Å². The lowest BCUT2D eigenvalue weighted by Gasteiger charge is -2.29. The lowest BCUT2D eigenvalue weighted by molar-refractivity contribution is -0.114. The second kappa shape index (κ2) is 5.05. The topological polar surface area (TPSA) is 59.8 Å². The lowest BCUT2D eigenvalue weighted by Crippen LogP contribution is -2.27. The molecule has 1 atom stereocenters. The fourth-order valence-corrected chi connectivity index (χ4v) is 3.27. The summed E-state index contributed by atoms with van der Waals surface area (Å²) < 4.78 is 2.08. The third-order valence-electron chi connectivity index (χ3n) is 4.21. The van der Waals surface area contributed by atoms with Crippen molar-refractivity contribution >= 4 is 22.8 Å². The molecule has 2 aromatic heterocycles. The molecule has 0 spiro atoms. The monoisotopic (exact) mass is 304 g/mol. The summed E-state index contributed by atoms with van der Waals surface area (Å²) >= 11 is 0. The van der Waals surface area contributed by atoms with Crippen molar-refractivity contribution in [2.45, 2.75) is 19.9 Å². The molecule has 1 N–H and O–H groups in total. The first-order valence-electron chi connectivity index (χ1n) is 7.52. The Balaban J connectivity index is 2.05. The van der Waals surface area contributed by atoms with Crippen LogP contribution in [0.4, 0.5) is 5.95 Å². The van der Waals surface area contributed by atoms with E-state index in [1.54, 1.807) is 13.1 Å². The highest BCUT2D eigenvalue weighted by molar-refractivity contribution is 5.97. The molecule has 0 aliphatic carbocycles. The number of carbonyl (C=O) groups is 1. The summed E-state index contributed by atoms with van der Waals surface area (Å²) in [5.74, 6) is 0.801. The Hall–Kier alpha value is -2.95. The molecule has 3 aromatic rings. The van der Waals surface area contributed by atoms with Gasteiger partial charge in [0.15, 0.2) is 5.78 Å². The van der Waals surface area contributed by atoms with Gasteiger partial charge in [-0.3, -0.25) is 14.3 Å². The number of para-hydroxylation sites is 2. The maximum atomic E-state index is 12.3. The molecule has 23 heavy (non-hydrogen) atoms. The number of benzene rings is 1. The zero-order valence-electron chi connectivity index (χ0n) is 12.9. The minimum absolute atomic E-state index is 0.0484. The minimum Gasteiger partial charge on any atom is -0.329 e. The van der Waals surface area contributed by atoms with Crippen molar-refractivity contribution in [2.75, 3.05) is 5.32 Å². The SMILES string of the molecule is CC(=O)C1=C(C)Nc2nc3ccccc3n2[C@@H]1c1cccnc1. The summed E-state index contributed by atoms with van der Waals surface area (Å²) in [6.45, 7) is 3.52. The first kappa shape index (κ1) is 13.7. The van der Waals surface area contributed by atoms with Crippen LogP contribution in [0.3, 0.4) is 0 Å². The highest BCUT2D eigenvalue weighted by Crippen LogP contribution is 2.38. The number of nitrogens with zero attached hydrogens (tertiary/aromatic N) is 3. The van der Waals surface area contributed by atoms with Gasteiger partial charge in [0.25, 0.3) is 0 Å². The van der Waals surface area contributed by atoms with E-state index in [-0.39, 0.29) is 11.8 Å². The maximum Gasteiger partial charge on any atom is 0.209 e. The first-order chi connectivity index (χ1) is 11.2. The molecule has 0 saturated heterocycles. The average Bonchev–Trinajstić information content (AvgIpc) is 2.91. The number of ketones is 1. The highest BCUT2D eigenvalue weighted by Gasteiger charge is 2.32. The van der Waals surface area contributed by atoms with Crippen molar-refractivity contribution in [2.24, 2.45) is 0 Å². The maximum absolute atomic E-state index is 12.3. The molecule has 3 heterocycles. The van der Waals surface area contributed by atoms with Gasteiger partial charge in [0.05, 0.1) is 17.1 Å². The Morgan fingerprint density at radius 1 is 1.22 bits per heavy atom. The average molecular weight is 304 g/mol. The van der Waals surface area contributed by atoms with Crippen LogP contribution in [0.25, 0.3) is 11.0 Å². The number of fused-ring (bicyclic) bond motifs is 3. The van der Waals surface area contributed by atoms with Crippen LogP contribution in [0.5, 0.6) is 0 Å². The van der Waals surface area contributed by atoms with E-state index in [1.807, 2.05) is 49.5 Å². The van der Waals surface area contributed by atoms with Crippen LogP contribution in [0.2, 0.25) is 0 Å². The number of Topliss-reactive ketones (excluding diaryl/α,β-unsaturated/α-hetero) is 1. The molecule has 114 valence electrons. The van der Waals surface area contributed by atoms with Gasteiger partial charge in [-0.25, -0.2) is 4.98 Å². The van der Waals surface area contributed by atoms with Crippen molar-refractivity contribution in [3.63, 3.8) is 0 Å². The number of anilines is 1. The van der Waals surface area contributed by atoms with Gasteiger partial charge in [0, 0.05) is 23.7 Å². The van der Waals surface area contributed by atoms with Gasteiger partial charge in [-0.05, 0) is 37.6 Å². The number of hydrogen-bond donors (Lipinski definition) is 1. The van der Waals surface area contributed by atoms with Gasteiger partial charge in [-0.1, -0.05) is 18.2 Å². The van der Waals surface area contributed by atoms with Crippen LogP contribution >= 0.6 is 0 Å². The van der Waals surface area contributed by atoms with Crippen LogP contribution in [0.15, 0.2) is 60.1 Å². The number of nitrogens with one attached hydrogen (secondary N) is 1. The molecule has 0 bridgehead atoms. The van der Waals surface area contributed by atoms with E-state index in [0.29, 0.717) is 0 Å². The van der Waals surface area contributed by atoms with Crippen LogP contribution in [-0.2, 0) is 4.79 Å². The Bertz CT molecular complexity index is 940. The number of allylic oxidation sites excluding steroid dienone is 2. The molecule has 0 radical (unpaired) electrons. The summed E-state index contributed by atoms with van der Waals surface area (Å²) in [5.41, 5.74) is 4.46. The molecular formula is C18H16N4O. The molecule has 0 saturated carbocycles. The van der Waals surface area contributed by atoms with Crippen molar-refractivity contribution in [1.29, 1.82) is 0 Å². The summed E-state index contributed by atoms with van der Waals surface area (Å²) in [5, 5.41) is 3.27. The van der Waals surface area contributed by atoms with Crippen LogP contribution in [0, 0.1) is 0 Å². The fraction of sp³-hybridized carbons (Fsp3) is 0.167. The lowest BCUT2D eigenvalue weighted by atomic mass is 9.93. The first-order valence-corrected chi connectivity index (χ1v) is 7.52. The number of rotatable bonds is 2. The molecule has 1 aliphatic rings. The Labute approximate surface area is 133 Å². The Kier molecular flexibility index (Phi) is 3.01. The second-order valence-corrected chi connectivity index (χ2v) is 5.70. The quantitative estimate of drug-likeness (QED) is 0.789. The van der Waals surface area contributed by atoms with E-state index in [0.717, 1.165) is 33.8 Å². The van der Waals surface area contributed by atoms with Gasteiger partial charge in [-0.2, -0.15) is 0 Å². The third kappa shape index (κ3) is 2.04. The molecule has 0 amide bonds. The fourth-order valence-electron chi connectivity index (χ4n) is 3.27. The minimum atomic E-state index is -0.218. The van der Waals surface area contributed by atoms with Crippen molar-refractivity contribution in [3.05, 3.63) is 65.6 Å². The zero-order chi connectivity index (χ0) is 16.0. The predicted molar refractivity (Wildman–Crippen MR) is 89.1 cm³/mol. The number of pyridine rings is 1. The predicted octanol–water partition coefficient (Wildman–Crippen LogP) is 3.31.